The van der Waals surface area contributed by atoms with Crippen LogP contribution in [0.2, 0.25) is 0 Å². The van der Waals surface area contributed by atoms with E-state index in [2.05, 4.69) is 4.99 Å². The molecule has 0 bridgehead atoms. The van der Waals surface area contributed by atoms with Crippen molar-refractivity contribution in [3.8, 4) is 11.5 Å². The molecule has 1 aromatic carbocycles. The van der Waals surface area contributed by atoms with Gasteiger partial charge in [0.25, 0.3) is 5.91 Å². The summed E-state index contributed by atoms with van der Waals surface area (Å²) in [6.45, 7) is 3.41. The number of nitrogens with zero attached hydrogens (tertiary/aromatic N) is 5. The lowest BCUT2D eigenvalue weighted by Crippen LogP contribution is -2.62. The Bertz CT molecular complexity index is 894. The molecule has 1 unspecified atom stereocenters. The maximum absolute atomic E-state index is 12.9. The lowest BCUT2D eigenvalue weighted by Gasteiger charge is -2.33. The fourth-order valence-electron chi connectivity index (χ4n) is 3.79. The highest BCUT2D eigenvalue weighted by molar-refractivity contribution is 6.24. The first-order valence-electron chi connectivity index (χ1n) is 8.82. The van der Waals surface area contributed by atoms with Crippen molar-refractivity contribution in [3.05, 3.63) is 18.2 Å². The van der Waals surface area contributed by atoms with E-state index in [4.69, 9.17) is 9.47 Å². The van der Waals surface area contributed by atoms with Crippen LogP contribution in [0, 0.1) is 0 Å². The molecule has 3 heterocycles. The topological polar surface area (TPSA) is 77.7 Å². The summed E-state index contributed by atoms with van der Waals surface area (Å²) in [4.78, 5) is 34.7. The Morgan fingerprint density at radius 1 is 1.26 bits per heavy atom. The molecule has 1 fully saturated rings. The first-order chi connectivity index (χ1) is 13.0. The second kappa shape index (κ2) is 6.26. The number of carbonyl (C=O) groups excluding carboxylic acids is 2. The first kappa shape index (κ1) is 17.3. The maximum atomic E-state index is 12.9. The molecule has 3 amide bonds. The van der Waals surface area contributed by atoms with Gasteiger partial charge in [-0.05, 0) is 19.1 Å². The highest BCUT2D eigenvalue weighted by Crippen LogP contribution is 2.35. The van der Waals surface area contributed by atoms with Crippen LogP contribution in [0.3, 0.4) is 0 Å². The van der Waals surface area contributed by atoms with Gasteiger partial charge < -0.3 is 9.47 Å². The number of guanidine groups is 1. The number of imide groups is 1. The van der Waals surface area contributed by atoms with Crippen LogP contribution in [0.4, 0.5) is 10.5 Å². The second-order valence-corrected chi connectivity index (χ2v) is 6.48. The van der Waals surface area contributed by atoms with E-state index in [1.165, 1.54) is 9.80 Å². The molecule has 0 radical (unpaired) electrons. The number of amides is 3. The zero-order valence-corrected chi connectivity index (χ0v) is 15.8. The molecule has 1 saturated heterocycles. The Morgan fingerprint density at radius 2 is 2.04 bits per heavy atom. The van der Waals surface area contributed by atoms with E-state index in [9.17, 15) is 9.59 Å². The Labute approximate surface area is 157 Å². The Balaban J connectivity index is 1.78. The summed E-state index contributed by atoms with van der Waals surface area (Å²) in [6.07, 6.45) is 0. The van der Waals surface area contributed by atoms with Crippen LogP contribution in [-0.2, 0) is 4.79 Å². The van der Waals surface area contributed by atoms with Crippen LogP contribution in [0.1, 0.15) is 6.92 Å². The number of fused-ring (bicyclic) bond motifs is 2. The van der Waals surface area contributed by atoms with Crippen LogP contribution >= 0.6 is 0 Å². The number of likely N-dealkylation sites (N-methyl/N-ethyl adjacent to an activating group) is 2. The zero-order valence-electron chi connectivity index (χ0n) is 15.8. The van der Waals surface area contributed by atoms with Gasteiger partial charge in [-0.15, -0.1) is 0 Å². The third-order valence-corrected chi connectivity index (χ3v) is 5.19. The zero-order chi connectivity index (χ0) is 19.3. The number of ether oxygens (including phenoxy) is 2. The highest BCUT2D eigenvalue weighted by Gasteiger charge is 2.55. The van der Waals surface area contributed by atoms with Gasteiger partial charge in [-0.1, -0.05) is 4.99 Å². The number of methoxy groups -OCH3 is 2. The normalized spacial score (nSPS) is 21.6. The number of urea groups is 1. The van der Waals surface area contributed by atoms with Gasteiger partial charge in [0.2, 0.25) is 11.9 Å². The lowest BCUT2D eigenvalue weighted by atomic mass is 10.1. The molecular weight excluding hydrogens is 350 g/mol. The number of hydrogen-bond acceptors (Lipinski definition) is 6. The summed E-state index contributed by atoms with van der Waals surface area (Å²) in [6, 6.07) is 4.64. The molecule has 0 N–H and O–H groups in total. The third-order valence-electron chi connectivity index (χ3n) is 5.19. The second-order valence-electron chi connectivity index (χ2n) is 6.48. The molecule has 9 heteroatoms. The van der Waals surface area contributed by atoms with Gasteiger partial charge >= 0.3 is 12.0 Å². The van der Waals surface area contributed by atoms with E-state index in [1.807, 2.05) is 27.7 Å². The summed E-state index contributed by atoms with van der Waals surface area (Å²) in [5.41, 5.74) is 0.811. The summed E-state index contributed by atoms with van der Waals surface area (Å²) < 4.78 is 12.8. The molecule has 142 valence electrons. The number of amidine groups is 1. The predicted octanol–water partition coefficient (Wildman–Crippen LogP) is 0.587. The number of aliphatic imine (C=N–C) groups is 1. The first-order valence-corrected chi connectivity index (χ1v) is 8.82. The average Bonchev–Trinajstić information content (AvgIpc) is 3.25. The van der Waals surface area contributed by atoms with Crippen molar-refractivity contribution in [1.29, 1.82) is 0 Å². The van der Waals surface area contributed by atoms with Crippen molar-refractivity contribution >= 4 is 29.4 Å². The minimum Gasteiger partial charge on any atom is -0.497 e. The van der Waals surface area contributed by atoms with E-state index in [0.717, 1.165) is 5.69 Å². The maximum Gasteiger partial charge on any atom is 0.397 e. The van der Waals surface area contributed by atoms with Gasteiger partial charge in [-0.25, -0.2) is 14.3 Å². The summed E-state index contributed by atoms with van der Waals surface area (Å²) in [7, 11) is 4.87. The Hall–Kier alpha value is -3.10. The monoisotopic (exact) mass is 372 g/mol. The van der Waals surface area contributed by atoms with Crippen LogP contribution in [0.5, 0.6) is 11.5 Å². The Morgan fingerprint density at radius 3 is 2.70 bits per heavy atom. The van der Waals surface area contributed by atoms with Gasteiger partial charge in [-0.2, -0.15) is 0 Å². The van der Waals surface area contributed by atoms with E-state index < -0.39 is 6.04 Å². The number of carbonyl (C=O) groups is 2. The molecule has 0 aliphatic carbocycles. The number of hydrogen-bond donors (Lipinski definition) is 0. The van der Waals surface area contributed by atoms with Crippen LogP contribution < -0.4 is 14.4 Å². The van der Waals surface area contributed by atoms with Crippen molar-refractivity contribution in [2.75, 3.05) is 45.8 Å². The molecule has 0 aromatic heterocycles. The minimum absolute atomic E-state index is 0.228. The van der Waals surface area contributed by atoms with E-state index in [0.29, 0.717) is 42.9 Å². The molecule has 4 rings (SSSR count). The number of rotatable bonds is 4. The van der Waals surface area contributed by atoms with Crippen LogP contribution in [0.15, 0.2) is 23.2 Å². The van der Waals surface area contributed by atoms with Crippen molar-refractivity contribution in [2.45, 2.75) is 13.0 Å². The van der Waals surface area contributed by atoms with Crippen molar-refractivity contribution in [3.63, 3.8) is 0 Å². The average molecular weight is 372 g/mol. The van der Waals surface area contributed by atoms with Gasteiger partial charge in [-0.3, -0.25) is 14.6 Å². The standard InChI is InChI=1S/C18H22N5O4/c1-5-21-16(24)14-15(20(2)18(21)25)19-17-22(8-9-23(14)17)12-10-11(26-3)6-7-13(12)27-4/h6-7,10,14H,5,8-9H2,1-4H3/q+1. The molecular formula is C18H22N5O4+. The SMILES string of the molecule is CCN1C(=O)C2C(=NC3=[N+]2CCN3c2cc(OC)ccc2OC)N(C)C1=O. The van der Waals surface area contributed by atoms with Crippen molar-refractivity contribution in [1.82, 2.24) is 9.80 Å². The minimum atomic E-state index is -0.566. The van der Waals surface area contributed by atoms with E-state index in [-0.39, 0.29) is 11.9 Å². The number of anilines is 1. The van der Waals surface area contributed by atoms with Crippen molar-refractivity contribution < 1.29 is 23.6 Å². The highest BCUT2D eigenvalue weighted by atomic mass is 16.5. The summed E-state index contributed by atoms with van der Waals surface area (Å²) >= 11 is 0. The fourth-order valence-corrected chi connectivity index (χ4v) is 3.79. The van der Waals surface area contributed by atoms with E-state index in [1.54, 1.807) is 28.2 Å². The molecule has 3 aliphatic rings. The number of benzene rings is 1. The van der Waals surface area contributed by atoms with Crippen LogP contribution in [-0.4, -0.2) is 85.1 Å². The molecule has 1 aromatic rings. The predicted molar refractivity (Wildman–Crippen MR) is 98.8 cm³/mol. The summed E-state index contributed by atoms with van der Waals surface area (Å²) in [5.74, 6) is 2.28. The largest absolute Gasteiger partial charge is 0.497 e. The molecule has 27 heavy (non-hydrogen) atoms. The van der Waals surface area contributed by atoms with Gasteiger partial charge in [0.05, 0.1) is 20.8 Å². The molecule has 0 spiro atoms. The lowest BCUT2D eigenvalue weighted by molar-refractivity contribution is -0.525. The third kappa shape index (κ3) is 2.37. The van der Waals surface area contributed by atoms with Crippen molar-refractivity contribution in [2.24, 2.45) is 4.99 Å². The summed E-state index contributed by atoms with van der Waals surface area (Å²) in [5, 5.41) is 0. The molecule has 0 saturated carbocycles. The van der Waals surface area contributed by atoms with Gasteiger partial charge in [0, 0.05) is 19.7 Å². The smallest absolute Gasteiger partial charge is 0.397 e. The fraction of sp³-hybridized carbons (Fsp3) is 0.444. The molecule has 9 nitrogen and oxygen atoms in total. The van der Waals surface area contributed by atoms with E-state index >= 15 is 0 Å². The van der Waals surface area contributed by atoms with Gasteiger partial charge in [0.15, 0.2) is 5.75 Å². The Kier molecular flexibility index (Phi) is 4.01. The van der Waals surface area contributed by atoms with Crippen LogP contribution in [0.25, 0.3) is 0 Å². The molecule has 1 atom stereocenters. The quantitative estimate of drug-likeness (QED) is 0.723. The van der Waals surface area contributed by atoms with Gasteiger partial charge in [0.1, 0.15) is 18.0 Å². The molecule has 3 aliphatic heterocycles.